The highest BCUT2D eigenvalue weighted by molar-refractivity contribution is 6.31. The zero-order valence-electron chi connectivity index (χ0n) is 15.3. The van der Waals surface area contributed by atoms with Crippen LogP contribution in [0.2, 0.25) is 5.02 Å². The van der Waals surface area contributed by atoms with Gasteiger partial charge in [0.2, 0.25) is 5.91 Å². The van der Waals surface area contributed by atoms with Crippen LogP contribution in [0.15, 0.2) is 54.6 Å². The first-order valence-electron chi connectivity index (χ1n) is 9.17. The molecule has 0 aliphatic carbocycles. The van der Waals surface area contributed by atoms with E-state index in [9.17, 15) is 9.59 Å². The Labute approximate surface area is 164 Å². The maximum atomic E-state index is 12.9. The summed E-state index contributed by atoms with van der Waals surface area (Å²) in [6, 6.07) is 16.3. The second-order valence-electron chi connectivity index (χ2n) is 6.77. The first kappa shape index (κ1) is 19.4. The summed E-state index contributed by atoms with van der Waals surface area (Å²) in [6.07, 6.45) is 0.250. The van der Waals surface area contributed by atoms with Gasteiger partial charge < -0.3 is 15.5 Å². The Bertz CT molecular complexity index is 797. The Kier molecular flexibility index (Phi) is 6.48. The fourth-order valence-corrected chi connectivity index (χ4v) is 3.61. The summed E-state index contributed by atoms with van der Waals surface area (Å²) in [5, 5.41) is 6.90. The summed E-state index contributed by atoms with van der Waals surface area (Å²) in [6.45, 7) is 3.89. The van der Waals surface area contributed by atoms with Crippen molar-refractivity contribution in [2.24, 2.45) is 0 Å². The summed E-state index contributed by atoms with van der Waals surface area (Å²) in [4.78, 5) is 27.1. The zero-order chi connectivity index (χ0) is 19.2. The van der Waals surface area contributed by atoms with Crippen molar-refractivity contribution < 1.29 is 9.59 Å². The standard InChI is InChI=1S/C21H24ClN3O2/c1-15(24-21(27)16-7-3-2-4-8-16)13-20(26)25-12-11-23-14-19(25)17-9-5-6-10-18(17)22/h2-10,15,19,23H,11-14H2,1H3,(H,24,27). The summed E-state index contributed by atoms with van der Waals surface area (Å²) < 4.78 is 0. The predicted molar refractivity (Wildman–Crippen MR) is 107 cm³/mol. The van der Waals surface area contributed by atoms with E-state index in [1.54, 1.807) is 12.1 Å². The van der Waals surface area contributed by atoms with Crippen molar-refractivity contribution in [1.82, 2.24) is 15.5 Å². The Morgan fingerprint density at radius 1 is 1.19 bits per heavy atom. The molecule has 2 unspecified atom stereocenters. The molecule has 0 bridgehead atoms. The number of nitrogens with zero attached hydrogens (tertiary/aromatic N) is 1. The molecule has 2 atom stereocenters. The number of hydrogen-bond donors (Lipinski definition) is 2. The number of carbonyl (C=O) groups excluding carboxylic acids is 2. The average Bonchev–Trinajstić information content (AvgIpc) is 2.69. The predicted octanol–water partition coefficient (Wildman–Crippen LogP) is 3.02. The van der Waals surface area contributed by atoms with Gasteiger partial charge in [0.1, 0.15) is 0 Å². The summed E-state index contributed by atoms with van der Waals surface area (Å²) in [7, 11) is 0. The summed E-state index contributed by atoms with van der Waals surface area (Å²) >= 11 is 6.35. The van der Waals surface area contributed by atoms with Gasteiger partial charge in [-0.25, -0.2) is 0 Å². The maximum absolute atomic E-state index is 12.9. The fraction of sp³-hybridized carbons (Fsp3) is 0.333. The van der Waals surface area contributed by atoms with E-state index in [4.69, 9.17) is 11.6 Å². The van der Waals surface area contributed by atoms with Crippen molar-refractivity contribution in [2.45, 2.75) is 25.4 Å². The quantitative estimate of drug-likeness (QED) is 0.831. The number of carbonyl (C=O) groups is 2. The third-order valence-corrected chi connectivity index (χ3v) is 5.07. The average molecular weight is 386 g/mol. The molecule has 2 aromatic rings. The molecule has 142 valence electrons. The largest absolute Gasteiger partial charge is 0.349 e. The molecule has 1 heterocycles. The number of rotatable bonds is 5. The molecule has 0 saturated carbocycles. The lowest BCUT2D eigenvalue weighted by atomic mass is 10.0. The van der Waals surface area contributed by atoms with Crippen LogP contribution in [0.4, 0.5) is 0 Å². The molecule has 5 nitrogen and oxygen atoms in total. The first-order chi connectivity index (χ1) is 13.1. The van der Waals surface area contributed by atoms with Gasteiger partial charge in [-0.15, -0.1) is 0 Å². The van der Waals surface area contributed by atoms with Crippen molar-refractivity contribution in [2.75, 3.05) is 19.6 Å². The zero-order valence-corrected chi connectivity index (χ0v) is 16.1. The number of halogens is 1. The van der Waals surface area contributed by atoms with Crippen LogP contribution >= 0.6 is 11.6 Å². The van der Waals surface area contributed by atoms with Gasteiger partial charge in [-0.2, -0.15) is 0 Å². The molecule has 0 spiro atoms. The van der Waals surface area contributed by atoms with Crippen molar-refractivity contribution in [1.29, 1.82) is 0 Å². The minimum atomic E-state index is -0.257. The van der Waals surface area contributed by atoms with Gasteiger partial charge >= 0.3 is 0 Å². The number of hydrogen-bond acceptors (Lipinski definition) is 3. The number of amides is 2. The Morgan fingerprint density at radius 2 is 1.89 bits per heavy atom. The summed E-state index contributed by atoms with van der Waals surface area (Å²) in [5.41, 5.74) is 1.54. The topological polar surface area (TPSA) is 61.4 Å². The number of benzene rings is 2. The van der Waals surface area contributed by atoms with E-state index in [0.29, 0.717) is 23.7 Å². The van der Waals surface area contributed by atoms with E-state index in [1.165, 1.54) is 0 Å². The number of piperazine rings is 1. The van der Waals surface area contributed by atoms with Crippen molar-refractivity contribution in [3.8, 4) is 0 Å². The second kappa shape index (κ2) is 9.02. The van der Waals surface area contributed by atoms with Crippen molar-refractivity contribution >= 4 is 23.4 Å². The van der Waals surface area contributed by atoms with E-state index in [2.05, 4.69) is 10.6 Å². The lowest BCUT2D eigenvalue weighted by Crippen LogP contribution is -2.50. The molecule has 1 fully saturated rings. The van der Waals surface area contributed by atoms with E-state index in [1.807, 2.05) is 54.3 Å². The minimum Gasteiger partial charge on any atom is -0.349 e. The summed E-state index contributed by atoms with van der Waals surface area (Å²) in [5.74, 6) is -0.152. The van der Waals surface area contributed by atoms with Crippen molar-refractivity contribution in [3.63, 3.8) is 0 Å². The van der Waals surface area contributed by atoms with E-state index >= 15 is 0 Å². The molecule has 2 aromatic carbocycles. The molecule has 0 aromatic heterocycles. The van der Waals surface area contributed by atoms with Gasteiger partial charge in [0, 0.05) is 42.7 Å². The second-order valence-corrected chi connectivity index (χ2v) is 7.18. The number of nitrogens with one attached hydrogen (secondary N) is 2. The molecular formula is C21H24ClN3O2. The van der Waals surface area contributed by atoms with Gasteiger partial charge in [-0.1, -0.05) is 48.0 Å². The SMILES string of the molecule is CC(CC(=O)N1CCNCC1c1ccccc1Cl)NC(=O)c1ccccc1. The molecule has 2 N–H and O–H groups in total. The monoisotopic (exact) mass is 385 g/mol. The highest BCUT2D eigenvalue weighted by Crippen LogP contribution is 2.29. The van der Waals surface area contributed by atoms with E-state index < -0.39 is 0 Å². The Balaban J connectivity index is 1.65. The van der Waals surface area contributed by atoms with Crippen LogP contribution in [0.1, 0.15) is 35.3 Å². The Hall–Kier alpha value is -2.37. The van der Waals surface area contributed by atoms with E-state index in [0.717, 1.165) is 12.1 Å². The molecular weight excluding hydrogens is 362 g/mol. The highest BCUT2D eigenvalue weighted by Gasteiger charge is 2.29. The van der Waals surface area contributed by atoms with Crippen LogP contribution in [0.25, 0.3) is 0 Å². The molecule has 3 rings (SSSR count). The molecule has 2 amide bonds. The molecule has 1 aliphatic rings. The van der Waals surface area contributed by atoms with Gasteiger partial charge in [0.15, 0.2) is 0 Å². The third-order valence-electron chi connectivity index (χ3n) is 4.72. The lowest BCUT2D eigenvalue weighted by Gasteiger charge is -2.37. The van der Waals surface area contributed by atoms with Crippen LogP contribution in [-0.4, -0.2) is 42.4 Å². The van der Waals surface area contributed by atoms with Crippen LogP contribution in [-0.2, 0) is 4.79 Å². The van der Waals surface area contributed by atoms with Gasteiger partial charge in [0.25, 0.3) is 5.91 Å². The van der Waals surface area contributed by atoms with Crippen LogP contribution in [0.3, 0.4) is 0 Å². The minimum absolute atomic E-state index is 0.0160. The van der Waals surface area contributed by atoms with Gasteiger partial charge in [0.05, 0.1) is 6.04 Å². The molecule has 6 heteroatoms. The highest BCUT2D eigenvalue weighted by atomic mass is 35.5. The Morgan fingerprint density at radius 3 is 2.63 bits per heavy atom. The molecule has 1 saturated heterocycles. The molecule has 1 aliphatic heterocycles. The lowest BCUT2D eigenvalue weighted by molar-refractivity contribution is -0.134. The van der Waals surface area contributed by atoms with Crippen LogP contribution in [0.5, 0.6) is 0 Å². The van der Waals surface area contributed by atoms with Gasteiger partial charge in [-0.3, -0.25) is 9.59 Å². The molecule has 0 radical (unpaired) electrons. The van der Waals surface area contributed by atoms with Crippen molar-refractivity contribution in [3.05, 3.63) is 70.7 Å². The fourth-order valence-electron chi connectivity index (χ4n) is 3.35. The van der Waals surface area contributed by atoms with Crippen LogP contribution in [0, 0.1) is 0 Å². The van der Waals surface area contributed by atoms with Crippen LogP contribution < -0.4 is 10.6 Å². The first-order valence-corrected chi connectivity index (χ1v) is 9.54. The van der Waals surface area contributed by atoms with Gasteiger partial charge in [-0.05, 0) is 30.7 Å². The maximum Gasteiger partial charge on any atom is 0.251 e. The normalized spacial score (nSPS) is 18.0. The van der Waals surface area contributed by atoms with E-state index in [-0.39, 0.29) is 30.3 Å². The third kappa shape index (κ3) is 4.87. The molecule has 27 heavy (non-hydrogen) atoms. The smallest absolute Gasteiger partial charge is 0.251 e.